The second-order valence-corrected chi connectivity index (χ2v) is 6.42. The molecule has 0 aliphatic carbocycles. The molecule has 5 heteroatoms. The predicted octanol–water partition coefficient (Wildman–Crippen LogP) is 3.94. The van der Waals surface area contributed by atoms with E-state index >= 15 is 0 Å². The molecule has 1 amide bonds. The molecule has 4 nitrogen and oxygen atoms in total. The molecule has 1 N–H and O–H groups in total. The Morgan fingerprint density at radius 2 is 1.92 bits per heavy atom. The third-order valence-corrected chi connectivity index (χ3v) is 4.61. The van der Waals surface area contributed by atoms with Gasteiger partial charge in [0.25, 0.3) is 0 Å². The van der Waals surface area contributed by atoms with Gasteiger partial charge in [-0.05, 0) is 48.2 Å². The lowest BCUT2D eigenvalue weighted by Crippen LogP contribution is -2.31. The average molecular weight is 344 g/mol. The summed E-state index contributed by atoms with van der Waals surface area (Å²) in [7, 11) is 0. The van der Waals surface area contributed by atoms with Crippen LogP contribution in [-0.4, -0.2) is 28.4 Å². The van der Waals surface area contributed by atoms with Gasteiger partial charge >= 0.3 is 5.97 Å². The van der Waals surface area contributed by atoms with Crippen molar-refractivity contribution in [3.05, 3.63) is 70.2 Å². The van der Waals surface area contributed by atoms with E-state index in [1.807, 2.05) is 29.2 Å². The third kappa shape index (κ3) is 3.60. The van der Waals surface area contributed by atoms with Crippen LogP contribution in [0.3, 0.4) is 0 Å². The molecule has 1 aliphatic rings. The van der Waals surface area contributed by atoms with Gasteiger partial charge < -0.3 is 10.0 Å². The van der Waals surface area contributed by atoms with Crippen molar-refractivity contribution in [1.29, 1.82) is 0 Å². The zero-order valence-corrected chi connectivity index (χ0v) is 13.9. The number of likely N-dealkylation sites (tertiary alicyclic amines) is 1. The van der Waals surface area contributed by atoms with E-state index in [9.17, 15) is 9.59 Å². The zero-order valence-electron chi connectivity index (χ0n) is 13.1. The average Bonchev–Trinajstić information content (AvgIpc) is 3.05. The minimum absolute atomic E-state index is 0.0231. The van der Waals surface area contributed by atoms with Gasteiger partial charge in [0.05, 0.1) is 18.0 Å². The second-order valence-electron chi connectivity index (χ2n) is 5.98. The van der Waals surface area contributed by atoms with Gasteiger partial charge in [-0.25, -0.2) is 4.79 Å². The number of carbonyl (C=O) groups is 2. The van der Waals surface area contributed by atoms with E-state index in [1.54, 1.807) is 18.2 Å². The van der Waals surface area contributed by atoms with Crippen LogP contribution < -0.4 is 0 Å². The summed E-state index contributed by atoms with van der Waals surface area (Å²) in [6.07, 6.45) is 2.11. The highest BCUT2D eigenvalue weighted by Gasteiger charge is 2.29. The molecule has 0 saturated carbocycles. The number of carboxylic acids is 1. The molecule has 0 radical (unpaired) electrons. The quantitative estimate of drug-likeness (QED) is 0.914. The van der Waals surface area contributed by atoms with Crippen LogP contribution in [0.4, 0.5) is 0 Å². The van der Waals surface area contributed by atoms with Crippen molar-refractivity contribution >= 4 is 23.5 Å². The van der Waals surface area contributed by atoms with Gasteiger partial charge in [-0.15, -0.1) is 0 Å². The molecule has 124 valence electrons. The highest BCUT2D eigenvalue weighted by molar-refractivity contribution is 6.30. The van der Waals surface area contributed by atoms with Crippen molar-refractivity contribution in [1.82, 2.24) is 4.90 Å². The minimum atomic E-state index is -0.982. The third-order valence-electron chi connectivity index (χ3n) is 4.36. The maximum absolute atomic E-state index is 12.7. The number of hydrogen-bond acceptors (Lipinski definition) is 2. The van der Waals surface area contributed by atoms with Crippen molar-refractivity contribution in [3.8, 4) is 0 Å². The van der Waals surface area contributed by atoms with Crippen LogP contribution in [0.15, 0.2) is 48.5 Å². The van der Waals surface area contributed by atoms with Gasteiger partial charge in [-0.2, -0.15) is 0 Å². The van der Waals surface area contributed by atoms with Gasteiger partial charge in [0.2, 0.25) is 5.91 Å². The van der Waals surface area contributed by atoms with Gasteiger partial charge in [0, 0.05) is 11.6 Å². The number of hydrogen-bond donors (Lipinski definition) is 1. The first-order valence-electron chi connectivity index (χ1n) is 7.92. The van der Waals surface area contributed by atoms with E-state index < -0.39 is 5.97 Å². The number of rotatable bonds is 4. The maximum atomic E-state index is 12.7. The highest BCUT2D eigenvalue weighted by Crippen LogP contribution is 2.33. The van der Waals surface area contributed by atoms with Crippen LogP contribution in [0.25, 0.3) is 0 Å². The number of aromatic carboxylic acids is 1. The number of benzene rings is 2. The molecule has 1 heterocycles. The summed E-state index contributed by atoms with van der Waals surface area (Å²) >= 11 is 5.94. The molecule has 1 aliphatic heterocycles. The lowest BCUT2D eigenvalue weighted by atomic mass is 10.0. The summed E-state index contributed by atoms with van der Waals surface area (Å²) in [4.78, 5) is 25.6. The summed E-state index contributed by atoms with van der Waals surface area (Å²) in [6.45, 7) is 0.727. The fourth-order valence-electron chi connectivity index (χ4n) is 3.19. The second kappa shape index (κ2) is 7.05. The van der Waals surface area contributed by atoms with Crippen LogP contribution in [0, 0.1) is 0 Å². The smallest absolute Gasteiger partial charge is 0.335 e. The van der Waals surface area contributed by atoms with Gasteiger partial charge in [0.15, 0.2) is 0 Å². The largest absolute Gasteiger partial charge is 0.478 e. The molecule has 3 rings (SSSR count). The number of carboxylic acid groups (broad SMARTS) is 1. The Kier molecular flexibility index (Phi) is 4.86. The molecule has 0 bridgehead atoms. The molecule has 1 saturated heterocycles. The SMILES string of the molecule is O=C(O)c1cccc(CC(=O)N2CCCC2c2ccc(Cl)cc2)c1. The molecule has 1 fully saturated rings. The molecule has 24 heavy (non-hydrogen) atoms. The molecule has 0 spiro atoms. The van der Waals surface area contributed by atoms with Crippen LogP contribution in [-0.2, 0) is 11.2 Å². The highest BCUT2D eigenvalue weighted by atomic mass is 35.5. The van der Waals surface area contributed by atoms with Gasteiger partial charge in [0.1, 0.15) is 0 Å². The zero-order chi connectivity index (χ0) is 17.1. The van der Waals surface area contributed by atoms with E-state index in [-0.39, 0.29) is 23.9 Å². The Bertz CT molecular complexity index is 757. The topological polar surface area (TPSA) is 57.6 Å². The predicted molar refractivity (Wildman–Crippen MR) is 92.2 cm³/mol. The Morgan fingerprint density at radius 3 is 2.62 bits per heavy atom. The summed E-state index contributed by atoms with van der Waals surface area (Å²) in [5.74, 6) is -0.959. The fraction of sp³-hybridized carbons (Fsp3) is 0.263. The first-order valence-corrected chi connectivity index (χ1v) is 8.29. The molecule has 1 unspecified atom stereocenters. The summed E-state index contributed by atoms with van der Waals surface area (Å²) < 4.78 is 0. The first-order chi connectivity index (χ1) is 11.5. The van der Waals surface area contributed by atoms with Crippen LogP contribution in [0.2, 0.25) is 5.02 Å². The molecule has 0 aromatic heterocycles. The molecule has 1 atom stereocenters. The molecule has 2 aromatic carbocycles. The van der Waals surface area contributed by atoms with E-state index in [4.69, 9.17) is 16.7 Å². The van der Waals surface area contributed by atoms with E-state index in [0.29, 0.717) is 5.02 Å². The van der Waals surface area contributed by atoms with Crippen molar-refractivity contribution in [3.63, 3.8) is 0 Å². The van der Waals surface area contributed by atoms with Gasteiger partial charge in [-0.3, -0.25) is 4.79 Å². The van der Waals surface area contributed by atoms with Crippen molar-refractivity contribution in [2.24, 2.45) is 0 Å². The Labute approximate surface area is 145 Å². The summed E-state index contributed by atoms with van der Waals surface area (Å²) in [5.41, 5.74) is 2.02. The molecule has 2 aromatic rings. The van der Waals surface area contributed by atoms with Crippen LogP contribution >= 0.6 is 11.6 Å². The molecular weight excluding hydrogens is 326 g/mol. The number of carbonyl (C=O) groups excluding carboxylic acids is 1. The lowest BCUT2D eigenvalue weighted by molar-refractivity contribution is -0.131. The molecular formula is C19H18ClNO3. The Morgan fingerprint density at radius 1 is 1.17 bits per heavy atom. The maximum Gasteiger partial charge on any atom is 0.335 e. The van der Waals surface area contributed by atoms with E-state index in [2.05, 4.69) is 0 Å². The minimum Gasteiger partial charge on any atom is -0.478 e. The van der Waals surface area contributed by atoms with E-state index in [0.717, 1.165) is 30.5 Å². The van der Waals surface area contributed by atoms with Gasteiger partial charge in [-0.1, -0.05) is 35.9 Å². The number of amides is 1. The Hall–Kier alpha value is -2.33. The number of nitrogens with zero attached hydrogens (tertiary/aromatic N) is 1. The lowest BCUT2D eigenvalue weighted by Gasteiger charge is -2.25. The number of halogens is 1. The van der Waals surface area contributed by atoms with Crippen molar-refractivity contribution in [2.75, 3.05) is 6.54 Å². The van der Waals surface area contributed by atoms with Crippen LogP contribution in [0.1, 0.15) is 40.4 Å². The summed E-state index contributed by atoms with van der Waals surface area (Å²) in [5, 5.41) is 9.74. The summed E-state index contributed by atoms with van der Waals surface area (Å²) in [6, 6.07) is 14.2. The standard InChI is InChI=1S/C19H18ClNO3/c20-16-8-6-14(7-9-16)17-5-2-10-21(17)18(22)12-13-3-1-4-15(11-13)19(23)24/h1,3-4,6-9,11,17H,2,5,10,12H2,(H,23,24). The van der Waals surface area contributed by atoms with Crippen LogP contribution in [0.5, 0.6) is 0 Å². The first kappa shape index (κ1) is 16.5. The van der Waals surface area contributed by atoms with Crippen molar-refractivity contribution < 1.29 is 14.7 Å². The normalized spacial score (nSPS) is 17.0. The Balaban J connectivity index is 1.75. The van der Waals surface area contributed by atoms with E-state index in [1.165, 1.54) is 6.07 Å². The van der Waals surface area contributed by atoms with Crippen molar-refractivity contribution in [2.45, 2.75) is 25.3 Å². The fourth-order valence-corrected chi connectivity index (χ4v) is 3.31. The monoisotopic (exact) mass is 343 g/mol.